The van der Waals surface area contributed by atoms with Crippen molar-refractivity contribution in [1.82, 2.24) is 4.98 Å². The Morgan fingerprint density at radius 3 is 2.45 bits per heavy atom. The highest BCUT2D eigenvalue weighted by Gasteiger charge is 2.05. The molecule has 3 nitrogen and oxygen atoms in total. The number of hydrogen-bond acceptors (Lipinski definition) is 3. The summed E-state index contributed by atoms with van der Waals surface area (Å²) >= 11 is 0. The van der Waals surface area contributed by atoms with Crippen molar-refractivity contribution in [2.24, 2.45) is 0 Å². The second-order valence-electron chi connectivity index (χ2n) is 4.94. The topological polar surface area (TPSA) is 28.2 Å². The lowest BCUT2D eigenvalue weighted by atomic mass is 10.1. The maximum atomic E-state index is 4.31. The highest BCUT2D eigenvalue weighted by atomic mass is 15.1. The zero-order valence-electron chi connectivity index (χ0n) is 12.6. The molecule has 0 amide bonds. The molecule has 0 bridgehead atoms. The Morgan fingerprint density at radius 2 is 1.80 bits per heavy atom. The van der Waals surface area contributed by atoms with Gasteiger partial charge in [0.25, 0.3) is 0 Å². The van der Waals surface area contributed by atoms with Crippen molar-refractivity contribution in [3.05, 3.63) is 48.3 Å². The van der Waals surface area contributed by atoms with E-state index in [0.717, 1.165) is 30.8 Å². The molecule has 106 valence electrons. The summed E-state index contributed by atoms with van der Waals surface area (Å²) in [5, 5.41) is 3.37. The molecular formula is C17H23N3. The molecule has 0 spiro atoms. The molecule has 0 aliphatic heterocycles. The number of anilines is 3. The van der Waals surface area contributed by atoms with Crippen LogP contribution in [0.5, 0.6) is 0 Å². The molecule has 1 aromatic heterocycles. The molecule has 1 heterocycles. The van der Waals surface area contributed by atoms with E-state index in [1.807, 2.05) is 12.4 Å². The lowest BCUT2D eigenvalue weighted by molar-refractivity contribution is 0.977. The zero-order chi connectivity index (χ0) is 14.4. The fourth-order valence-electron chi connectivity index (χ4n) is 2.08. The number of hydrogen-bond donors (Lipinski definition) is 1. The van der Waals surface area contributed by atoms with Crippen molar-refractivity contribution in [3.63, 3.8) is 0 Å². The van der Waals surface area contributed by atoms with Crippen LogP contribution in [0.1, 0.15) is 25.8 Å². The minimum absolute atomic E-state index is 0.972. The smallest absolute Gasteiger partial charge is 0.0615 e. The summed E-state index contributed by atoms with van der Waals surface area (Å²) in [7, 11) is 2.07. The molecule has 20 heavy (non-hydrogen) atoms. The summed E-state index contributed by atoms with van der Waals surface area (Å²) in [5.74, 6) is 0. The molecule has 0 radical (unpaired) electrons. The molecule has 0 atom stereocenters. The van der Waals surface area contributed by atoms with E-state index < -0.39 is 0 Å². The van der Waals surface area contributed by atoms with Crippen molar-refractivity contribution in [1.29, 1.82) is 0 Å². The molecular weight excluding hydrogens is 246 g/mol. The minimum atomic E-state index is 0.972. The van der Waals surface area contributed by atoms with E-state index in [1.54, 1.807) is 0 Å². The third-order valence-electron chi connectivity index (χ3n) is 3.42. The molecule has 2 rings (SSSR count). The van der Waals surface area contributed by atoms with Gasteiger partial charge in [-0.15, -0.1) is 0 Å². The highest BCUT2D eigenvalue weighted by molar-refractivity contribution is 5.65. The van der Waals surface area contributed by atoms with Gasteiger partial charge in [-0.2, -0.15) is 0 Å². The van der Waals surface area contributed by atoms with Crippen LogP contribution >= 0.6 is 0 Å². The van der Waals surface area contributed by atoms with Crippen molar-refractivity contribution in [2.75, 3.05) is 23.8 Å². The van der Waals surface area contributed by atoms with E-state index in [9.17, 15) is 0 Å². The quantitative estimate of drug-likeness (QED) is 0.850. The van der Waals surface area contributed by atoms with E-state index in [2.05, 4.69) is 66.4 Å². The Morgan fingerprint density at radius 1 is 1.05 bits per heavy atom. The van der Waals surface area contributed by atoms with Crippen LogP contribution in [0.3, 0.4) is 0 Å². The highest BCUT2D eigenvalue weighted by Crippen LogP contribution is 2.25. The number of pyridine rings is 1. The standard InChI is InChI=1S/C17H23N3/c1-4-10-19-15-11-17(13-18-12-15)20(3)16-8-6-14(5-2)7-9-16/h6-9,11-13,19H,4-5,10H2,1-3H3. The van der Waals surface area contributed by atoms with Gasteiger partial charge >= 0.3 is 0 Å². The predicted octanol–water partition coefficient (Wildman–Crippen LogP) is 4.23. The van der Waals surface area contributed by atoms with Crippen molar-refractivity contribution >= 4 is 17.1 Å². The molecule has 0 saturated carbocycles. The van der Waals surface area contributed by atoms with Gasteiger partial charge in [0, 0.05) is 19.3 Å². The van der Waals surface area contributed by atoms with E-state index >= 15 is 0 Å². The number of nitrogens with one attached hydrogen (secondary N) is 1. The number of rotatable bonds is 6. The Balaban J connectivity index is 2.16. The molecule has 1 N–H and O–H groups in total. The second-order valence-corrected chi connectivity index (χ2v) is 4.94. The van der Waals surface area contributed by atoms with Gasteiger partial charge in [-0.25, -0.2) is 0 Å². The van der Waals surface area contributed by atoms with Crippen molar-refractivity contribution in [3.8, 4) is 0 Å². The first-order valence-corrected chi connectivity index (χ1v) is 7.26. The number of aromatic nitrogens is 1. The summed E-state index contributed by atoms with van der Waals surface area (Å²) in [4.78, 5) is 6.47. The van der Waals surface area contributed by atoms with Gasteiger partial charge in [-0.3, -0.25) is 4.98 Å². The number of benzene rings is 1. The van der Waals surface area contributed by atoms with Crippen LogP contribution in [0.25, 0.3) is 0 Å². The first-order chi connectivity index (χ1) is 9.74. The van der Waals surface area contributed by atoms with Crippen LogP contribution in [0, 0.1) is 0 Å². The predicted molar refractivity (Wildman–Crippen MR) is 86.9 cm³/mol. The zero-order valence-corrected chi connectivity index (χ0v) is 12.6. The Kier molecular flexibility index (Phi) is 4.99. The first-order valence-electron chi connectivity index (χ1n) is 7.26. The summed E-state index contributed by atoms with van der Waals surface area (Å²) in [6, 6.07) is 10.8. The molecule has 2 aromatic rings. The lowest BCUT2D eigenvalue weighted by Gasteiger charge is -2.20. The van der Waals surface area contributed by atoms with Gasteiger partial charge in [-0.05, 0) is 36.6 Å². The maximum Gasteiger partial charge on any atom is 0.0615 e. The molecule has 0 saturated heterocycles. The van der Waals surface area contributed by atoms with Crippen molar-refractivity contribution in [2.45, 2.75) is 26.7 Å². The molecule has 0 unspecified atom stereocenters. The summed E-state index contributed by atoms with van der Waals surface area (Å²) in [6.07, 6.45) is 5.94. The minimum Gasteiger partial charge on any atom is -0.384 e. The second kappa shape index (κ2) is 6.94. The van der Waals surface area contributed by atoms with Crippen molar-refractivity contribution < 1.29 is 0 Å². The summed E-state index contributed by atoms with van der Waals surface area (Å²) in [6.45, 7) is 5.30. The maximum absolute atomic E-state index is 4.31. The van der Waals surface area contributed by atoms with Gasteiger partial charge < -0.3 is 10.2 Å². The summed E-state index contributed by atoms with van der Waals surface area (Å²) in [5.41, 5.74) is 4.70. The van der Waals surface area contributed by atoms with E-state index in [4.69, 9.17) is 0 Å². The normalized spacial score (nSPS) is 10.3. The van der Waals surface area contributed by atoms with Gasteiger partial charge in [0.15, 0.2) is 0 Å². The van der Waals surface area contributed by atoms with E-state index in [0.29, 0.717) is 0 Å². The van der Waals surface area contributed by atoms with E-state index in [-0.39, 0.29) is 0 Å². The van der Waals surface area contributed by atoms with E-state index in [1.165, 1.54) is 11.3 Å². The molecule has 0 aliphatic rings. The Labute approximate surface area is 121 Å². The molecule has 3 heteroatoms. The SMILES string of the molecule is CCCNc1cncc(N(C)c2ccc(CC)cc2)c1. The van der Waals surface area contributed by atoms with Gasteiger partial charge in [-0.1, -0.05) is 26.0 Å². The summed E-state index contributed by atoms with van der Waals surface area (Å²) < 4.78 is 0. The first kappa shape index (κ1) is 14.4. The van der Waals surface area contributed by atoms with Crippen LogP contribution in [-0.4, -0.2) is 18.6 Å². The average Bonchev–Trinajstić information content (AvgIpc) is 2.52. The Hall–Kier alpha value is -2.03. The van der Waals surface area contributed by atoms with Crippen LogP contribution in [0.4, 0.5) is 17.1 Å². The third kappa shape index (κ3) is 3.50. The Bertz CT molecular complexity index is 534. The fourth-order valence-corrected chi connectivity index (χ4v) is 2.08. The fraction of sp³-hybridized carbons (Fsp3) is 0.353. The van der Waals surface area contributed by atoms with Gasteiger partial charge in [0.05, 0.1) is 23.8 Å². The van der Waals surface area contributed by atoms with Crippen LogP contribution in [0.15, 0.2) is 42.7 Å². The van der Waals surface area contributed by atoms with Crippen LogP contribution in [-0.2, 0) is 6.42 Å². The number of nitrogens with zero attached hydrogens (tertiary/aromatic N) is 2. The van der Waals surface area contributed by atoms with Crippen LogP contribution in [0.2, 0.25) is 0 Å². The largest absolute Gasteiger partial charge is 0.384 e. The monoisotopic (exact) mass is 269 g/mol. The number of aryl methyl sites for hydroxylation is 1. The van der Waals surface area contributed by atoms with Crippen LogP contribution < -0.4 is 10.2 Å². The molecule has 0 aliphatic carbocycles. The molecule has 0 fully saturated rings. The van der Waals surface area contributed by atoms with Gasteiger partial charge in [0.2, 0.25) is 0 Å². The lowest BCUT2D eigenvalue weighted by Crippen LogP contribution is -2.10. The average molecular weight is 269 g/mol. The van der Waals surface area contributed by atoms with Gasteiger partial charge in [0.1, 0.15) is 0 Å². The molecule has 1 aromatic carbocycles. The third-order valence-corrected chi connectivity index (χ3v) is 3.42.